The van der Waals surface area contributed by atoms with Crippen molar-refractivity contribution in [3.05, 3.63) is 52.6 Å². The second-order valence-corrected chi connectivity index (χ2v) is 8.27. The molecule has 0 fully saturated rings. The Bertz CT molecular complexity index is 1240. The zero-order valence-corrected chi connectivity index (χ0v) is 18.2. The smallest absolute Gasteiger partial charge is 0.265 e. The van der Waals surface area contributed by atoms with Crippen LogP contribution in [0, 0.1) is 11.3 Å². The van der Waals surface area contributed by atoms with Crippen LogP contribution in [0.25, 0.3) is 22.3 Å². The van der Waals surface area contributed by atoms with E-state index in [1.54, 1.807) is 29.0 Å². The summed E-state index contributed by atoms with van der Waals surface area (Å²) in [6, 6.07) is 9.01. The Morgan fingerprint density at radius 2 is 2.13 bits per heavy atom. The van der Waals surface area contributed by atoms with Gasteiger partial charge >= 0.3 is 0 Å². The normalized spacial score (nSPS) is 12.0. The standard InChI is InChI=1S/C23H26N6O2/c1-5-6-7-9-16(13-24)21(30)27-17-11-8-10-15(12-17)19-18-20(25-14-26-22(18)31)29(28-19)23(2,3)4/h8-12,14H,5-7H2,1-4H3,(H,27,30)(H,25,26,31)/b16-9+. The van der Waals surface area contributed by atoms with Crippen LogP contribution in [0.3, 0.4) is 0 Å². The van der Waals surface area contributed by atoms with Gasteiger partial charge in [0.1, 0.15) is 22.7 Å². The highest BCUT2D eigenvalue weighted by Crippen LogP contribution is 2.29. The predicted molar refractivity (Wildman–Crippen MR) is 120 cm³/mol. The molecule has 0 spiro atoms. The van der Waals surface area contributed by atoms with Crippen LogP contribution in [0.4, 0.5) is 5.69 Å². The van der Waals surface area contributed by atoms with E-state index in [9.17, 15) is 14.9 Å². The van der Waals surface area contributed by atoms with Gasteiger partial charge in [-0.2, -0.15) is 10.4 Å². The molecule has 8 nitrogen and oxygen atoms in total. The van der Waals surface area contributed by atoms with Crippen LogP contribution in [0.1, 0.15) is 47.0 Å². The first-order chi connectivity index (χ1) is 14.8. The number of aromatic amines is 1. The van der Waals surface area contributed by atoms with E-state index in [0.29, 0.717) is 34.4 Å². The summed E-state index contributed by atoms with van der Waals surface area (Å²) in [4.78, 5) is 32.0. The molecule has 2 N–H and O–H groups in total. The molecule has 0 saturated heterocycles. The van der Waals surface area contributed by atoms with Gasteiger partial charge in [-0.15, -0.1) is 0 Å². The third-order valence-electron chi connectivity index (χ3n) is 4.77. The number of nitrogens with one attached hydrogen (secondary N) is 2. The number of amides is 1. The van der Waals surface area contributed by atoms with Gasteiger partial charge in [0.15, 0.2) is 5.65 Å². The molecule has 0 radical (unpaired) electrons. The third-order valence-corrected chi connectivity index (χ3v) is 4.77. The maximum Gasteiger partial charge on any atom is 0.265 e. The second kappa shape index (κ2) is 8.96. The van der Waals surface area contributed by atoms with Crippen molar-refractivity contribution in [1.82, 2.24) is 19.7 Å². The number of hydrogen-bond acceptors (Lipinski definition) is 5. The molecule has 31 heavy (non-hydrogen) atoms. The second-order valence-electron chi connectivity index (χ2n) is 8.27. The highest BCUT2D eigenvalue weighted by molar-refractivity contribution is 6.06. The molecule has 160 valence electrons. The van der Waals surface area contributed by atoms with E-state index >= 15 is 0 Å². The number of hydrogen-bond donors (Lipinski definition) is 2. The van der Waals surface area contributed by atoms with Gasteiger partial charge in [0.25, 0.3) is 11.5 Å². The van der Waals surface area contributed by atoms with Crippen LogP contribution in [0.2, 0.25) is 0 Å². The van der Waals surface area contributed by atoms with Gasteiger partial charge < -0.3 is 10.3 Å². The summed E-state index contributed by atoms with van der Waals surface area (Å²) in [5, 5.41) is 17.1. The molecule has 1 aromatic carbocycles. The Labute approximate surface area is 180 Å². The minimum atomic E-state index is -0.458. The molecular weight excluding hydrogens is 392 g/mol. The van der Waals surface area contributed by atoms with Gasteiger partial charge in [0, 0.05) is 11.3 Å². The fourth-order valence-electron chi connectivity index (χ4n) is 3.21. The molecule has 3 aromatic rings. The number of H-pyrrole nitrogens is 1. The lowest BCUT2D eigenvalue weighted by Gasteiger charge is -2.19. The van der Waals surface area contributed by atoms with Crippen molar-refractivity contribution in [2.45, 2.75) is 52.5 Å². The van der Waals surface area contributed by atoms with Crippen molar-refractivity contribution in [3.63, 3.8) is 0 Å². The number of carbonyl (C=O) groups excluding carboxylic acids is 1. The Balaban J connectivity index is 2.00. The molecule has 0 aliphatic carbocycles. The molecule has 0 atom stereocenters. The first-order valence-electron chi connectivity index (χ1n) is 10.2. The molecule has 1 amide bonds. The Morgan fingerprint density at radius 1 is 1.35 bits per heavy atom. The molecule has 0 unspecified atom stereocenters. The molecule has 0 bridgehead atoms. The van der Waals surface area contributed by atoms with Crippen LogP contribution >= 0.6 is 0 Å². The monoisotopic (exact) mass is 418 g/mol. The topological polar surface area (TPSA) is 116 Å². The fourth-order valence-corrected chi connectivity index (χ4v) is 3.21. The number of rotatable bonds is 6. The van der Waals surface area contributed by atoms with Gasteiger partial charge in [-0.1, -0.05) is 38.0 Å². The highest BCUT2D eigenvalue weighted by Gasteiger charge is 2.24. The van der Waals surface area contributed by atoms with Crippen molar-refractivity contribution in [2.75, 3.05) is 5.32 Å². The van der Waals surface area contributed by atoms with Crippen LogP contribution in [-0.4, -0.2) is 25.7 Å². The number of carbonyl (C=O) groups is 1. The van der Waals surface area contributed by atoms with Crippen LogP contribution < -0.4 is 10.9 Å². The molecule has 2 aromatic heterocycles. The first kappa shape index (κ1) is 22.0. The number of aromatic nitrogens is 4. The summed E-state index contributed by atoms with van der Waals surface area (Å²) in [6.45, 7) is 8.00. The van der Waals surface area contributed by atoms with Crippen LogP contribution in [0.15, 0.2) is 47.0 Å². The van der Waals surface area contributed by atoms with Gasteiger partial charge in [-0.25, -0.2) is 9.67 Å². The number of fused-ring (bicyclic) bond motifs is 1. The van der Waals surface area contributed by atoms with E-state index in [0.717, 1.165) is 12.8 Å². The lowest BCUT2D eigenvalue weighted by molar-refractivity contribution is -0.112. The predicted octanol–water partition coefficient (Wildman–Crippen LogP) is 4.12. The van der Waals surface area contributed by atoms with E-state index in [-0.39, 0.29) is 16.7 Å². The Morgan fingerprint density at radius 3 is 2.81 bits per heavy atom. The summed E-state index contributed by atoms with van der Waals surface area (Å²) < 4.78 is 1.72. The average molecular weight is 419 g/mol. The van der Waals surface area contributed by atoms with Crippen molar-refractivity contribution in [2.24, 2.45) is 0 Å². The molecular formula is C23H26N6O2. The van der Waals surface area contributed by atoms with E-state index in [4.69, 9.17) is 0 Å². The molecule has 2 heterocycles. The maximum atomic E-state index is 12.6. The number of anilines is 1. The number of allylic oxidation sites excluding steroid dienone is 1. The SMILES string of the molecule is CCCC/C=C(\C#N)C(=O)Nc1cccc(-c2nn(C(C)(C)C)c3nc[nH]c(=O)c23)c1. The minimum Gasteiger partial charge on any atom is -0.321 e. The van der Waals surface area contributed by atoms with Gasteiger partial charge in [-0.05, 0) is 39.3 Å². The maximum absolute atomic E-state index is 12.6. The largest absolute Gasteiger partial charge is 0.321 e. The van der Waals surface area contributed by atoms with Gasteiger partial charge in [0.05, 0.1) is 11.9 Å². The number of nitriles is 1. The lowest BCUT2D eigenvalue weighted by atomic mass is 10.1. The third kappa shape index (κ3) is 4.72. The molecule has 0 aliphatic heterocycles. The minimum absolute atomic E-state index is 0.0851. The molecule has 0 aliphatic rings. The summed E-state index contributed by atoms with van der Waals surface area (Å²) in [7, 11) is 0. The number of nitrogens with zero attached hydrogens (tertiary/aromatic N) is 4. The summed E-state index contributed by atoms with van der Waals surface area (Å²) in [5.41, 5.74) is 1.57. The van der Waals surface area contributed by atoms with Crippen molar-refractivity contribution < 1.29 is 4.79 Å². The lowest BCUT2D eigenvalue weighted by Crippen LogP contribution is -2.23. The van der Waals surface area contributed by atoms with E-state index in [1.807, 2.05) is 32.9 Å². The van der Waals surface area contributed by atoms with Gasteiger partial charge in [-0.3, -0.25) is 9.59 Å². The zero-order chi connectivity index (χ0) is 22.6. The zero-order valence-electron chi connectivity index (χ0n) is 18.2. The molecule has 0 saturated carbocycles. The summed E-state index contributed by atoms with van der Waals surface area (Å²) >= 11 is 0. The van der Waals surface area contributed by atoms with E-state index < -0.39 is 5.91 Å². The van der Waals surface area contributed by atoms with Crippen LogP contribution in [0.5, 0.6) is 0 Å². The number of unbranched alkanes of at least 4 members (excludes halogenated alkanes) is 2. The van der Waals surface area contributed by atoms with Crippen LogP contribution in [-0.2, 0) is 10.3 Å². The average Bonchev–Trinajstić information content (AvgIpc) is 3.13. The Hall–Kier alpha value is -3.73. The van der Waals surface area contributed by atoms with Crippen molar-refractivity contribution in [1.29, 1.82) is 5.26 Å². The van der Waals surface area contributed by atoms with E-state index in [2.05, 4.69) is 27.3 Å². The first-order valence-corrected chi connectivity index (χ1v) is 10.2. The fraction of sp³-hybridized carbons (Fsp3) is 0.348. The number of benzene rings is 1. The quantitative estimate of drug-likeness (QED) is 0.355. The highest BCUT2D eigenvalue weighted by atomic mass is 16.1. The Kier molecular flexibility index (Phi) is 6.35. The van der Waals surface area contributed by atoms with E-state index in [1.165, 1.54) is 6.33 Å². The summed E-state index contributed by atoms with van der Waals surface area (Å²) in [5.74, 6) is -0.458. The molecule has 3 rings (SSSR count). The molecule has 8 heteroatoms. The van der Waals surface area contributed by atoms with Crippen molar-refractivity contribution >= 4 is 22.6 Å². The van der Waals surface area contributed by atoms with Gasteiger partial charge in [0.2, 0.25) is 0 Å². The van der Waals surface area contributed by atoms with Crippen molar-refractivity contribution in [3.8, 4) is 17.3 Å². The summed E-state index contributed by atoms with van der Waals surface area (Å²) in [6.07, 6.45) is 5.61.